The van der Waals surface area contributed by atoms with E-state index in [-0.39, 0.29) is 18.9 Å². The molecular formula is C25H30FN5O5. The number of halogens is 1. The molecule has 1 amide bonds. The van der Waals surface area contributed by atoms with Gasteiger partial charge in [0.25, 0.3) is 5.56 Å². The van der Waals surface area contributed by atoms with E-state index in [0.29, 0.717) is 38.8 Å². The molecule has 0 saturated carbocycles. The first-order valence-corrected chi connectivity index (χ1v) is 12.2. The molecule has 2 fully saturated rings. The van der Waals surface area contributed by atoms with E-state index < -0.39 is 34.3 Å². The highest BCUT2D eigenvalue weighted by Gasteiger charge is 2.50. The van der Waals surface area contributed by atoms with Crippen LogP contribution in [0.5, 0.6) is 0 Å². The number of benzene rings is 1. The minimum Gasteiger partial charge on any atom is -0.388 e. The van der Waals surface area contributed by atoms with Crippen LogP contribution in [0.4, 0.5) is 4.39 Å². The summed E-state index contributed by atoms with van der Waals surface area (Å²) in [6.07, 6.45) is 2.98. The van der Waals surface area contributed by atoms with Crippen LogP contribution in [0, 0.1) is 12.7 Å². The molecule has 1 spiro atoms. The number of rotatable bonds is 4. The lowest BCUT2D eigenvalue weighted by atomic mass is 9.75. The predicted octanol–water partition coefficient (Wildman–Crippen LogP) is 1.57. The van der Waals surface area contributed by atoms with Gasteiger partial charge in [-0.05, 0) is 44.4 Å². The van der Waals surface area contributed by atoms with Crippen molar-refractivity contribution >= 4 is 16.9 Å². The zero-order chi connectivity index (χ0) is 25.7. The number of nitrogens with zero attached hydrogens (tertiary/aromatic N) is 3. The average molecular weight is 500 g/mol. The van der Waals surface area contributed by atoms with Crippen LogP contribution in [0.15, 0.2) is 34.0 Å². The Morgan fingerprint density at radius 1 is 1.28 bits per heavy atom. The number of aromatic amines is 2. The van der Waals surface area contributed by atoms with Gasteiger partial charge in [-0.15, -0.1) is 0 Å². The van der Waals surface area contributed by atoms with Crippen molar-refractivity contribution in [3.63, 3.8) is 0 Å². The van der Waals surface area contributed by atoms with Gasteiger partial charge in [0.05, 0.1) is 41.1 Å². The first-order chi connectivity index (χ1) is 17.1. The summed E-state index contributed by atoms with van der Waals surface area (Å²) in [6.45, 7) is 4.57. The van der Waals surface area contributed by atoms with Crippen LogP contribution in [0.3, 0.4) is 0 Å². The monoisotopic (exact) mass is 499 g/mol. The zero-order valence-electron chi connectivity index (χ0n) is 20.3. The van der Waals surface area contributed by atoms with E-state index in [1.54, 1.807) is 6.92 Å². The first kappa shape index (κ1) is 24.4. The number of amides is 1. The summed E-state index contributed by atoms with van der Waals surface area (Å²) in [5.74, 6) is -0.281. The SMILES string of the molecule is Cc1ccc2nc(CCC(=O)N3CCC4(CC3)C[C@@](C)(O)[C@H](n3cc(F)c(=O)[nH]c3=O)CO4)[nH]c2c1. The molecule has 4 heterocycles. The third-order valence-corrected chi connectivity index (χ3v) is 7.49. The van der Waals surface area contributed by atoms with E-state index in [2.05, 4.69) is 9.97 Å². The summed E-state index contributed by atoms with van der Waals surface area (Å²) in [5.41, 5.74) is -0.929. The van der Waals surface area contributed by atoms with E-state index in [1.807, 2.05) is 35.0 Å². The van der Waals surface area contributed by atoms with Gasteiger partial charge in [0.2, 0.25) is 11.7 Å². The quantitative estimate of drug-likeness (QED) is 0.499. The lowest BCUT2D eigenvalue weighted by molar-refractivity contribution is -0.198. The largest absolute Gasteiger partial charge is 0.388 e. The molecule has 0 unspecified atom stereocenters. The number of aliphatic hydroxyl groups is 1. The van der Waals surface area contributed by atoms with Crippen LogP contribution >= 0.6 is 0 Å². The van der Waals surface area contributed by atoms with Gasteiger partial charge in [-0.3, -0.25) is 19.1 Å². The number of aromatic nitrogens is 4. The van der Waals surface area contributed by atoms with E-state index in [9.17, 15) is 23.9 Å². The number of carbonyl (C=O) groups is 1. The second-order valence-electron chi connectivity index (χ2n) is 10.3. The van der Waals surface area contributed by atoms with Crippen LogP contribution in [0.2, 0.25) is 0 Å². The summed E-state index contributed by atoms with van der Waals surface area (Å²) in [7, 11) is 0. The third kappa shape index (κ3) is 4.60. The fourth-order valence-electron chi connectivity index (χ4n) is 5.49. The number of carbonyl (C=O) groups excluding carboxylic acids is 1. The number of piperidine rings is 1. The van der Waals surface area contributed by atoms with Gasteiger partial charge in [-0.1, -0.05) is 6.07 Å². The Labute approximate surface area is 206 Å². The smallest absolute Gasteiger partial charge is 0.328 e. The van der Waals surface area contributed by atoms with Crippen molar-refractivity contribution in [2.24, 2.45) is 0 Å². The molecule has 0 aliphatic carbocycles. The Hall–Kier alpha value is -3.31. The first-order valence-electron chi connectivity index (χ1n) is 12.2. The molecule has 3 aromatic rings. The van der Waals surface area contributed by atoms with E-state index in [0.717, 1.165) is 33.2 Å². The van der Waals surface area contributed by atoms with Gasteiger partial charge >= 0.3 is 5.69 Å². The van der Waals surface area contributed by atoms with Gasteiger partial charge in [-0.25, -0.2) is 9.78 Å². The van der Waals surface area contributed by atoms with Crippen molar-refractivity contribution in [1.82, 2.24) is 24.4 Å². The Bertz CT molecular complexity index is 1420. The van der Waals surface area contributed by atoms with Crippen molar-refractivity contribution < 1.29 is 19.0 Å². The van der Waals surface area contributed by atoms with Crippen LogP contribution in [0.1, 0.15) is 50.0 Å². The van der Waals surface area contributed by atoms with Crippen LogP contribution in [0.25, 0.3) is 11.0 Å². The summed E-state index contributed by atoms with van der Waals surface area (Å²) in [5, 5.41) is 11.2. The number of likely N-dealkylation sites (tertiary alicyclic amines) is 1. The van der Waals surface area contributed by atoms with Crippen LogP contribution in [-0.4, -0.2) is 66.3 Å². The van der Waals surface area contributed by atoms with Gasteiger partial charge < -0.3 is 19.7 Å². The number of imidazole rings is 1. The molecular weight excluding hydrogens is 469 g/mol. The number of fused-ring (bicyclic) bond motifs is 1. The molecule has 2 aliphatic rings. The summed E-state index contributed by atoms with van der Waals surface area (Å²) >= 11 is 0. The van der Waals surface area contributed by atoms with Gasteiger partial charge in [-0.2, -0.15) is 4.39 Å². The maximum absolute atomic E-state index is 13.8. The minimum atomic E-state index is -1.38. The highest BCUT2D eigenvalue weighted by atomic mass is 19.1. The molecule has 0 radical (unpaired) electrons. The molecule has 5 rings (SSSR count). The fourth-order valence-corrected chi connectivity index (χ4v) is 5.49. The Kier molecular flexibility index (Phi) is 6.08. The van der Waals surface area contributed by atoms with Gasteiger partial charge in [0.1, 0.15) is 5.82 Å². The second kappa shape index (κ2) is 8.97. The zero-order valence-corrected chi connectivity index (χ0v) is 20.3. The topological polar surface area (TPSA) is 133 Å². The molecule has 2 atom stereocenters. The van der Waals surface area contributed by atoms with E-state index >= 15 is 0 Å². The highest BCUT2D eigenvalue weighted by molar-refractivity contribution is 5.78. The number of aryl methyl sites for hydroxylation is 2. The van der Waals surface area contributed by atoms with Gasteiger partial charge in [0, 0.05) is 32.4 Å². The minimum absolute atomic E-state index is 0.0160. The third-order valence-electron chi connectivity index (χ3n) is 7.49. The summed E-state index contributed by atoms with van der Waals surface area (Å²) in [6, 6.07) is 5.15. The molecule has 11 heteroatoms. The number of hydrogen-bond donors (Lipinski definition) is 3. The maximum Gasteiger partial charge on any atom is 0.328 e. The Morgan fingerprint density at radius 3 is 2.75 bits per heavy atom. The molecule has 10 nitrogen and oxygen atoms in total. The van der Waals surface area contributed by atoms with E-state index in [1.165, 1.54) is 0 Å². The Morgan fingerprint density at radius 2 is 2.03 bits per heavy atom. The molecule has 0 bridgehead atoms. The number of hydrogen-bond acceptors (Lipinski definition) is 6. The molecule has 192 valence electrons. The molecule has 2 saturated heterocycles. The molecule has 2 aliphatic heterocycles. The number of H-pyrrole nitrogens is 2. The predicted molar refractivity (Wildman–Crippen MR) is 129 cm³/mol. The second-order valence-corrected chi connectivity index (χ2v) is 10.3. The number of ether oxygens (including phenoxy) is 1. The van der Waals surface area contributed by atoms with E-state index in [4.69, 9.17) is 4.74 Å². The summed E-state index contributed by atoms with van der Waals surface area (Å²) < 4.78 is 20.9. The lowest BCUT2D eigenvalue weighted by Gasteiger charge is -2.51. The highest BCUT2D eigenvalue weighted by Crippen LogP contribution is 2.43. The van der Waals surface area contributed by atoms with Crippen LogP contribution < -0.4 is 11.2 Å². The van der Waals surface area contributed by atoms with Gasteiger partial charge in [0.15, 0.2) is 0 Å². The molecule has 2 aromatic heterocycles. The lowest BCUT2D eigenvalue weighted by Crippen LogP contribution is -2.59. The summed E-state index contributed by atoms with van der Waals surface area (Å²) in [4.78, 5) is 48.0. The molecule has 36 heavy (non-hydrogen) atoms. The Balaban J connectivity index is 1.19. The van der Waals surface area contributed by atoms with Crippen molar-refractivity contribution in [1.29, 1.82) is 0 Å². The molecule has 1 aromatic carbocycles. The standard InChI is InChI=1S/C25H30FN5O5/c1-15-3-4-17-18(11-15)28-20(27-17)5-6-21(32)30-9-7-25(8-10-30)14-24(2,35)19(13-36-25)31-12-16(26)22(33)29-23(31)34/h3-4,11-12,19,35H,5-10,13-14H2,1-2H3,(H,27,28)(H,29,33,34)/t19-,24-/m1/s1. The number of nitrogens with one attached hydrogen (secondary N) is 2. The average Bonchev–Trinajstić information content (AvgIpc) is 3.22. The molecule has 3 N–H and O–H groups in total. The van der Waals surface area contributed by atoms with Crippen molar-refractivity contribution in [3.05, 3.63) is 62.4 Å². The maximum atomic E-state index is 13.8. The normalized spacial score (nSPS) is 23.9. The van der Waals surface area contributed by atoms with Crippen molar-refractivity contribution in [2.45, 2.75) is 63.2 Å². The fraction of sp³-hybridized carbons (Fsp3) is 0.520. The van der Waals surface area contributed by atoms with Crippen LogP contribution in [-0.2, 0) is 16.0 Å². The van der Waals surface area contributed by atoms with Crippen molar-refractivity contribution in [2.75, 3.05) is 19.7 Å². The van der Waals surface area contributed by atoms with Crippen molar-refractivity contribution in [3.8, 4) is 0 Å².